The van der Waals surface area contributed by atoms with Gasteiger partial charge in [0, 0.05) is 12.6 Å². The maximum absolute atomic E-state index is 13.1. The fraction of sp³-hybridized carbons (Fsp3) is 0.875. The lowest BCUT2D eigenvalue weighted by Gasteiger charge is -2.35. The molecular weight excluding hydrogens is 268 g/mol. The number of rotatable bonds is 6. The van der Waals surface area contributed by atoms with Crippen LogP contribution >= 0.6 is 0 Å². The van der Waals surface area contributed by atoms with Crippen LogP contribution in [-0.4, -0.2) is 42.5 Å². The van der Waals surface area contributed by atoms with Crippen LogP contribution < -0.4 is 5.73 Å². The molecule has 2 aliphatic rings. The Morgan fingerprint density at radius 2 is 1.81 bits per heavy atom. The minimum absolute atomic E-state index is 0.0824. The Hall–Kier alpha value is -1.10. The van der Waals surface area contributed by atoms with E-state index in [-0.39, 0.29) is 24.5 Å². The number of carbonyl (C=O) groups excluding carboxylic acids is 2. The van der Waals surface area contributed by atoms with Gasteiger partial charge in [-0.3, -0.25) is 9.59 Å². The summed E-state index contributed by atoms with van der Waals surface area (Å²) in [6.07, 6.45) is 8.16. The molecule has 0 aromatic rings. The van der Waals surface area contributed by atoms with Gasteiger partial charge in [-0.2, -0.15) is 0 Å². The van der Waals surface area contributed by atoms with Gasteiger partial charge in [-0.25, -0.2) is 0 Å². The first kappa shape index (κ1) is 16.3. The molecule has 0 atom stereocenters. The van der Waals surface area contributed by atoms with Crippen LogP contribution in [0, 0.1) is 5.41 Å². The third kappa shape index (κ3) is 3.96. The van der Waals surface area contributed by atoms with E-state index in [2.05, 4.69) is 0 Å². The molecule has 5 nitrogen and oxygen atoms in total. The van der Waals surface area contributed by atoms with E-state index in [0.717, 1.165) is 38.5 Å². The molecule has 5 heteroatoms. The molecule has 0 saturated heterocycles. The lowest BCUT2D eigenvalue weighted by atomic mass is 9.79. The molecule has 2 fully saturated rings. The second-order valence-corrected chi connectivity index (χ2v) is 6.37. The predicted octanol–water partition coefficient (Wildman–Crippen LogP) is 1.84. The number of nitrogens with two attached hydrogens (primary N) is 1. The van der Waals surface area contributed by atoms with Crippen molar-refractivity contribution in [3.63, 3.8) is 0 Å². The molecule has 0 spiro atoms. The molecule has 0 bridgehead atoms. The molecule has 120 valence electrons. The summed E-state index contributed by atoms with van der Waals surface area (Å²) < 4.78 is 5.01. The van der Waals surface area contributed by atoms with Gasteiger partial charge in [0.25, 0.3) is 0 Å². The van der Waals surface area contributed by atoms with Crippen LogP contribution in [0.4, 0.5) is 0 Å². The number of hydrogen-bond donors (Lipinski definition) is 1. The summed E-state index contributed by atoms with van der Waals surface area (Å²) in [7, 11) is 0. The summed E-state index contributed by atoms with van der Waals surface area (Å²) in [6, 6.07) is 0.216. The molecule has 2 rings (SSSR count). The summed E-state index contributed by atoms with van der Waals surface area (Å²) >= 11 is 0. The van der Waals surface area contributed by atoms with Crippen molar-refractivity contribution in [3.8, 4) is 0 Å². The van der Waals surface area contributed by atoms with Crippen molar-refractivity contribution < 1.29 is 14.3 Å². The molecule has 2 N–H and O–H groups in total. The Kier molecular flexibility index (Phi) is 5.62. The standard InChI is InChI=1S/C16H28N2O3/c1-2-21-14(19)11-18(13-7-8-13)15(20)16(12-17)9-5-3-4-6-10-16/h13H,2-12,17H2,1H3. The van der Waals surface area contributed by atoms with Gasteiger partial charge < -0.3 is 15.4 Å². The third-order valence-corrected chi connectivity index (χ3v) is 4.76. The number of hydrogen-bond acceptors (Lipinski definition) is 4. The number of carbonyl (C=O) groups is 2. The second-order valence-electron chi connectivity index (χ2n) is 6.37. The monoisotopic (exact) mass is 296 g/mol. The van der Waals surface area contributed by atoms with Gasteiger partial charge in [-0.05, 0) is 32.6 Å². The van der Waals surface area contributed by atoms with Crippen molar-refractivity contribution in [3.05, 3.63) is 0 Å². The van der Waals surface area contributed by atoms with Crippen LogP contribution in [0.15, 0.2) is 0 Å². The van der Waals surface area contributed by atoms with E-state index in [4.69, 9.17) is 10.5 Å². The van der Waals surface area contributed by atoms with E-state index in [9.17, 15) is 9.59 Å². The Balaban J connectivity index is 2.10. The Morgan fingerprint density at radius 3 is 2.29 bits per heavy atom. The van der Waals surface area contributed by atoms with Crippen LogP contribution in [0.3, 0.4) is 0 Å². The third-order valence-electron chi connectivity index (χ3n) is 4.76. The molecule has 0 unspecified atom stereocenters. The van der Waals surface area contributed by atoms with E-state index < -0.39 is 5.41 Å². The zero-order chi connectivity index (χ0) is 15.3. The molecule has 21 heavy (non-hydrogen) atoms. The highest BCUT2D eigenvalue weighted by Gasteiger charge is 2.45. The highest BCUT2D eigenvalue weighted by molar-refractivity contribution is 5.87. The van der Waals surface area contributed by atoms with Crippen LogP contribution in [0.1, 0.15) is 58.3 Å². The molecule has 1 amide bonds. The number of ether oxygens (including phenoxy) is 1. The van der Waals surface area contributed by atoms with Crippen molar-refractivity contribution in [2.75, 3.05) is 19.7 Å². The normalized spacial score (nSPS) is 21.4. The van der Waals surface area contributed by atoms with Gasteiger partial charge in [-0.1, -0.05) is 25.7 Å². The van der Waals surface area contributed by atoms with Gasteiger partial charge in [0.2, 0.25) is 5.91 Å². The van der Waals surface area contributed by atoms with E-state index in [0.29, 0.717) is 13.2 Å². The predicted molar refractivity (Wildman–Crippen MR) is 80.6 cm³/mol. The number of nitrogens with zero attached hydrogens (tertiary/aromatic N) is 1. The van der Waals surface area contributed by atoms with Crippen molar-refractivity contribution >= 4 is 11.9 Å². The first-order valence-corrected chi connectivity index (χ1v) is 8.30. The minimum Gasteiger partial charge on any atom is -0.465 e. The van der Waals surface area contributed by atoms with Crippen molar-refractivity contribution in [2.45, 2.75) is 64.3 Å². The zero-order valence-electron chi connectivity index (χ0n) is 13.1. The average molecular weight is 296 g/mol. The van der Waals surface area contributed by atoms with Crippen molar-refractivity contribution in [1.82, 2.24) is 4.90 Å². The minimum atomic E-state index is -0.453. The maximum Gasteiger partial charge on any atom is 0.325 e. The largest absolute Gasteiger partial charge is 0.465 e. The van der Waals surface area contributed by atoms with Gasteiger partial charge in [0.1, 0.15) is 6.54 Å². The SMILES string of the molecule is CCOC(=O)CN(C(=O)C1(CN)CCCCCC1)C1CC1. The summed E-state index contributed by atoms with van der Waals surface area (Å²) in [5.74, 6) is -0.221. The zero-order valence-corrected chi connectivity index (χ0v) is 13.1. The van der Waals surface area contributed by atoms with Gasteiger partial charge in [0.05, 0.1) is 12.0 Å². The molecular formula is C16H28N2O3. The Labute approximate surface area is 127 Å². The van der Waals surface area contributed by atoms with Crippen molar-refractivity contribution in [2.24, 2.45) is 11.1 Å². The summed E-state index contributed by atoms with van der Waals surface area (Å²) in [6.45, 7) is 2.61. The van der Waals surface area contributed by atoms with Crippen LogP contribution in [0.2, 0.25) is 0 Å². The van der Waals surface area contributed by atoms with Crippen LogP contribution in [0.25, 0.3) is 0 Å². The van der Waals surface area contributed by atoms with E-state index in [1.54, 1.807) is 11.8 Å². The summed E-state index contributed by atoms with van der Waals surface area (Å²) in [5, 5.41) is 0. The number of amides is 1. The van der Waals surface area contributed by atoms with Gasteiger partial charge >= 0.3 is 5.97 Å². The Morgan fingerprint density at radius 1 is 1.19 bits per heavy atom. The summed E-state index contributed by atoms with van der Waals surface area (Å²) in [5.41, 5.74) is 5.54. The average Bonchev–Trinajstić information content (AvgIpc) is 3.31. The van der Waals surface area contributed by atoms with E-state index in [1.165, 1.54) is 12.8 Å². The molecule has 0 aromatic heterocycles. The highest BCUT2D eigenvalue weighted by Crippen LogP contribution is 2.39. The van der Waals surface area contributed by atoms with Gasteiger partial charge in [-0.15, -0.1) is 0 Å². The fourth-order valence-corrected chi connectivity index (χ4v) is 3.31. The maximum atomic E-state index is 13.1. The smallest absolute Gasteiger partial charge is 0.325 e. The Bertz CT molecular complexity index is 372. The summed E-state index contributed by atoms with van der Waals surface area (Å²) in [4.78, 5) is 26.6. The highest BCUT2D eigenvalue weighted by atomic mass is 16.5. The first-order valence-electron chi connectivity index (χ1n) is 8.30. The topological polar surface area (TPSA) is 72.6 Å². The fourth-order valence-electron chi connectivity index (χ4n) is 3.31. The molecule has 0 aliphatic heterocycles. The van der Waals surface area contributed by atoms with E-state index >= 15 is 0 Å². The molecule has 0 heterocycles. The molecule has 2 aliphatic carbocycles. The molecule has 0 radical (unpaired) electrons. The van der Waals surface area contributed by atoms with E-state index in [1.807, 2.05) is 0 Å². The van der Waals surface area contributed by atoms with Crippen LogP contribution in [0.5, 0.6) is 0 Å². The van der Waals surface area contributed by atoms with Crippen LogP contribution in [-0.2, 0) is 14.3 Å². The second kappa shape index (κ2) is 7.25. The number of esters is 1. The lowest BCUT2D eigenvalue weighted by Crippen LogP contribution is -2.50. The lowest BCUT2D eigenvalue weighted by molar-refractivity contribution is -0.153. The van der Waals surface area contributed by atoms with Gasteiger partial charge in [0.15, 0.2) is 0 Å². The molecule has 0 aromatic carbocycles. The quantitative estimate of drug-likeness (QED) is 0.599. The molecule has 2 saturated carbocycles. The van der Waals surface area contributed by atoms with Crippen molar-refractivity contribution in [1.29, 1.82) is 0 Å². The first-order chi connectivity index (χ1) is 10.1.